The number of esters is 1. The van der Waals surface area contributed by atoms with Crippen molar-refractivity contribution in [3.05, 3.63) is 70.8 Å². The lowest BCUT2D eigenvalue weighted by molar-refractivity contribution is -0.143. The van der Waals surface area contributed by atoms with Crippen molar-refractivity contribution in [1.29, 1.82) is 0 Å². The second-order valence-corrected chi connectivity index (χ2v) is 6.02. The van der Waals surface area contributed by atoms with Crippen LogP contribution in [0.15, 0.2) is 48.5 Å². The number of benzene rings is 2. The normalized spacial score (nSPS) is 12.3. The summed E-state index contributed by atoms with van der Waals surface area (Å²) in [6, 6.07) is 12.5. The molecule has 0 unspecified atom stereocenters. The zero-order valence-corrected chi connectivity index (χ0v) is 15.2. The molecule has 0 saturated carbocycles. The highest BCUT2D eigenvalue weighted by Gasteiger charge is 2.25. The maximum atomic E-state index is 12.3. The molecule has 0 bridgehead atoms. The van der Waals surface area contributed by atoms with Gasteiger partial charge in [0.25, 0.3) is 5.91 Å². The third kappa shape index (κ3) is 5.68. The standard InChI is InChI=1S/C21H22N2O4/c1-14(22)19(21(26)27-2)23-20(25)18-11-9-16(10-12-18)4-3-15-5-7-17(13-24)8-6-15/h5-12,14,19,24H,13,22H2,1-2H3,(H,23,25)/t14-,19+/m1/s1. The summed E-state index contributed by atoms with van der Waals surface area (Å²) < 4.78 is 4.65. The van der Waals surface area contributed by atoms with Gasteiger partial charge in [-0.15, -0.1) is 0 Å². The molecule has 0 spiro atoms. The van der Waals surface area contributed by atoms with E-state index in [0.29, 0.717) is 5.56 Å². The number of nitrogens with two attached hydrogens (primary N) is 1. The number of hydrogen-bond acceptors (Lipinski definition) is 5. The van der Waals surface area contributed by atoms with Crippen LogP contribution < -0.4 is 11.1 Å². The van der Waals surface area contributed by atoms with Crippen LogP contribution >= 0.6 is 0 Å². The van der Waals surface area contributed by atoms with Crippen LogP contribution in [0, 0.1) is 11.8 Å². The van der Waals surface area contributed by atoms with Gasteiger partial charge in [-0.25, -0.2) is 4.79 Å². The van der Waals surface area contributed by atoms with Gasteiger partial charge in [-0.05, 0) is 48.9 Å². The number of ether oxygens (including phenoxy) is 1. The second-order valence-electron chi connectivity index (χ2n) is 6.02. The first-order valence-corrected chi connectivity index (χ1v) is 8.40. The van der Waals surface area contributed by atoms with Crippen molar-refractivity contribution in [1.82, 2.24) is 5.32 Å². The van der Waals surface area contributed by atoms with Crippen molar-refractivity contribution < 1.29 is 19.4 Å². The quantitative estimate of drug-likeness (QED) is 0.545. The molecular formula is C21H22N2O4. The number of carbonyl (C=O) groups is 2. The van der Waals surface area contributed by atoms with E-state index in [9.17, 15) is 9.59 Å². The van der Waals surface area contributed by atoms with E-state index in [4.69, 9.17) is 10.8 Å². The van der Waals surface area contributed by atoms with Crippen LogP contribution in [0.1, 0.15) is 34.0 Å². The zero-order valence-electron chi connectivity index (χ0n) is 15.2. The lowest BCUT2D eigenvalue weighted by atomic mass is 10.1. The number of hydrogen-bond donors (Lipinski definition) is 3. The Labute approximate surface area is 158 Å². The molecular weight excluding hydrogens is 344 g/mol. The zero-order chi connectivity index (χ0) is 19.8. The summed E-state index contributed by atoms with van der Waals surface area (Å²) in [5.41, 5.74) is 8.52. The number of methoxy groups -OCH3 is 1. The minimum Gasteiger partial charge on any atom is -0.467 e. The molecule has 0 fully saturated rings. The predicted octanol–water partition coefficient (Wildman–Crippen LogP) is 1.20. The van der Waals surface area contributed by atoms with Crippen LogP contribution in [0.25, 0.3) is 0 Å². The van der Waals surface area contributed by atoms with E-state index in [0.717, 1.165) is 16.7 Å². The Bertz CT molecular complexity index is 846. The van der Waals surface area contributed by atoms with Gasteiger partial charge in [0.15, 0.2) is 0 Å². The summed E-state index contributed by atoms with van der Waals surface area (Å²) in [5.74, 6) is 5.03. The van der Waals surface area contributed by atoms with E-state index >= 15 is 0 Å². The summed E-state index contributed by atoms with van der Waals surface area (Å²) in [6.45, 7) is 1.62. The molecule has 0 aliphatic rings. The molecule has 0 radical (unpaired) electrons. The molecule has 0 heterocycles. The Morgan fingerprint density at radius 2 is 1.59 bits per heavy atom. The Kier molecular flexibility index (Phi) is 7.12. The molecule has 1 amide bonds. The van der Waals surface area contributed by atoms with Gasteiger partial charge in [-0.2, -0.15) is 0 Å². The van der Waals surface area contributed by atoms with Crippen LogP contribution in [0.4, 0.5) is 0 Å². The van der Waals surface area contributed by atoms with Crippen LogP contribution in [-0.2, 0) is 16.1 Å². The molecule has 0 aliphatic heterocycles. The highest BCUT2D eigenvalue weighted by atomic mass is 16.5. The van der Waals surface area contributed by atoms with Gasteiger partial charge in [0.2, 0.25) is 0 Å². The SMILES string of the molecule is COC(=O)[C@@H](NC(=O)c1ccc(C#Cc2ccc(CO)cc2)cc1)[C@@H](C)N. The minimum absolute atomic E-state index is 0.00297. The first kappa shape index (κ1) is 20.2. The first-order valence-electron chi connectivity index (χ1n) is 8.40. The van der Waals surface area contributed by atoms with E-state index in [2.05, 4.69) is 21.9 Å². The number of aliphatic hydroxyl groups is 1. The highest BCUT2D eigenvalue weighted by Crippen LogP contribution is 2.07. The summed E-state index contributed by atoms with van der Waals surface area (Å²) in [7, 11) is 1.24. The smallest absolute Gasteiger partial charge is 0.329 e. The Morgan fingerprint density at radius 3 is 2.04 bits per heavy atom. The van der Waals surface area contributed by atoms with E-state index in [-0.39, 0.29) is 6.61 Å². The number of amides is 1. The fourth-order valence-electron chi connectivity index (χ4n) is 2.30. The van der Waals surface area contributed by atoms with Crippen LogP contribution in [0.5, 0.6) is 0 Å². The van der Waals surface area contributed by atoms with E-state index in [1.54, 1.807) is 31.2 Å². The largest absolute Gasteiger partial charge is 0.467 e. The molecule has 6 nitrogen and oxygen atoms in total. The molecule has 27 heavy (non-hydrogen) atoms. The van der Waals surface area contributed by atoms with Crippen LogP contribution in [-0.4, -0.2) is 36.2 Å². The molecule has 0 aromatic heterocycles. The Hall–Kier alpha value is -3.14. The lowest BCUT2D eigenvalue weighted by Gasteiger charge is -2.19. The molecule has 2 rings (SSSR count). The van der Waals surface area contributed by atoms with E-state index in [1.807, 2.05) is 24.3 Å². The second kappa shape index (κ2) is 9.53. The topological polar surface area (TPSA) is 102 Å². The minimum atomic E-state index is -0.913. The highest BCUT2D eigenvalue weighted by molar-refractivity contribution is 5.97. The molecule has 4 N–H and O–H groups in total. The molecule has 0 aliphatic carbocycles. The van der Waals surface area contributed by atoms with E-state index < -0.39 is 24.0 Å². The molecule has 2 aromatic carbocycles. The van der Waals surface area contributed by atoms with Crippen LogP contribution in [0.2, 0.25) is 0 Å². The van der Waals surface area contributed by atoms with Crippen molar-refractivity contribution in [2.24, 2.45) is 5.73 Å². The van der Waals surface area contributed by atoms with Gasteiger partial charge in [0, 0.05) is 22.7 Å². The molecule has 2 atom stereocenters. The van der Waals surface area contributed by atoms with Gasteiger partial charge < -0.3 is 20.9 Å². The maximum absolute atomic E-state index is 12.3. The number of rotatable bonds is 5. The molecule has 0 saturated heterocycles. The average molecular weight is 366 g/mol. The van der Waals surface area contributed by atoms with Crippen molar-refractivity contribution >= 4 is 11.9 Å². The molecule has 2 aromatic rings. The Balaban J connectivity index is 2.07. The summed E-state index contributed by atoms with van der Waals surface area (Å²) >= 11 is 0. The van der Waals surface area contributed by atoms with Crippen molar-refractivity contribution in [3.8, 4) is 11.8 Å². The van der Waals surface area contributed by atoms with Crippen molar-refractivity contribution in [2.45, 2.75) is 25.6 Å². The number of aliphatic hydroxyl groups excluding tert-OH is 1. The summed E-state index contributed by atoms with van der Waals surface area (Å²) in [4.78, 5) is 24.0. The summed E-state index contributed by atoms with van der Waals surface area (Å²) in [6.07, 6.45) is 0. The third-order valence-electron chi connectivity index (χ3n) is 3.90. The van der Waals surface area contributed by atoms with Crippen molar-refractivity contribution in [2.75, 3.05) is 7.11 Å². The number of nitrogens with one attached hydrogen (secondary N) is 1. The maximum Gasteiger partial charge on any atom is 0.329 e. The molecule has 140 valence electrons. The average Bonchev–Trinajstić information content (AvgIpc) is 2.70. The van der Waals surface area contributed by atoms with Gasteiger partial charge in [-0.1, -0.05) is 24.0 Å². The van der Waals surface area contributed by atoms with Gasteiger partial charge in [-0.3, -0.25) is 4.79 Å². The van der Waals surface area contributed by atoms with Gasteiger partial charge in [0.1, 0.15) is 6.04 Å². The van der Waals surface area contributed by atoms with Crippen molar-refractivity contribution in [3.63, 3.8) is 0 Å². The first-order chi connectivity index (χ1) is 12.9. The Morgan fingerprint density at radius 1 is 1.07 bits per heavy atom. The lowest BCUT2D eigenvalue weighted by Crippen LogP contribution is -2.51. The third-order valence-corrected chi connectivity index (χ3v) is 3.90. The number of carbonyl (C=O) groups excluding carboxylic acids is 2. The fourth-order valence-corrected chi connectivity index (χ4v) is 2.30. The predicted molar refractivity (Wildman–Crippen MR) is 102 cm³/mol. The van der Waals surface area contributed by atoms with Crippen LogP contribution in [0.3, 0.4) is 0 Å². The monoisotopic (exact) mass is 366 g/mol. The van der Waals surface area contributed by atoms with E-state index in [1.165, 1.54) is 7.11 Å². The van der Waals surface area contributed by atoms with Gasteiger partial charge >= 0.3 is 5.97 Å². The summed E-state index contributed by atoms with van der Waals surface area (Å²) in [5, 5.41) is 11.6. The fraction of sp³-hybridized carbons (Fsp3) is 0.238. The molecule has 6 heteroatoms. The van der Waals surface area contributed by atoms with Gasteiger partial charge in [0.05, 0.1) is 13.7 Å².